The van der Waals surface area contributed by atoms with Gasteiger partial charge in [0.1, 0.15) is 0 Å². The molecule has 0 bridgehead atoms. The molecule has 1 N–H and O–H groups in total. The largest absolute Gasteiger partial charge is 0.381 e. The highest BCUT2D eigenvalue weighted by atomic mass is 16.5. The summed E-state index contributed by atoms with van der Waals surface area (Å²) in [6.07, 6.45) is 2.50. The first-order valence-electron chi connectivity index (χ1n) is 6.76. The van der Waals surface area contributed by atoms with E-state index in [1.54, 1.807) is 0 Å². The molecule has 3 atom stereocenters. The van der Waals surface area contributed by atoms with Gasteiger partial charge < -0.3 is 10.1 Å². The maximum absolute atomic E-state index is 5.51. The third kappa shape index (κ3) is 4.06. The van der Waals surface area contributed by atoms with Crippen LogP contribution in [0.15, 0.2) is 0 Å². The Labute approximate surface area is 101 Å². The minimum Gasteiger partial charge on any atom is -0.381 e. The molecule has 2 nitrogen and oxygen atoms in total. The highest BCUT2D eigenvalue weighted by molar-refractivity contribution is 4.83. The van der Waals surface area contributed by atoms with E-state index in [0.29, 0.717) is 11.5 Å². The van der Waals surface area contributed by atoms with Gasteiger partial charge in [0.25, 0.3) is 0 Å². The molecule has 0 aromatic heterocycles. The zero-order chi connectivity index (χ0) is 12.2. The zero-order valence-corrected chi connectivity index (χ0v) is 11.7. The van der Waals surface area contributed by atoms with E-state index in [-0.39, 0.29) is 0 Å². The maximum atomic E-state index is 5.51. The van der Waals surface area contributed by atoms with Gasteiger partial charge in [0.2, 0.25) is 0 Å². The summed E-state index contributed by atoms with van der Waals surface area (Å²) in [4.78, 5) is 0. The van der Waals surface area contributed by atoms with Gasteiger partial charge in [-0.1, -0.05) is 34.6 Å². The molecule has 0 aromatic rings. The van der Waals surface area contributed by atoms with Gasteiger partial charge in [0.05, 0.1) is 6.61 Å². The van der Waals surface area contributed by atoms with Crippen molar-refractivity contribution in [1.29, 1.82) is 0 Å². The molecule has 0 radical (unpaired) electrons. The summed E-state index contributed by atoms with van der Waals surface area (Å²) in [6, 6.07) is 0.640. The molecule has 1 rings (SSSR count). The van der Waals surface area contributed by atoms with Crippen LogP contribution in [0.3, 0.4) is 0 Å². The summed E-state index contributed by atoms with van der Waals surface area (Å²) >= 11 is 0. The lowest BCUT2D eigenvalue weighted by atomic mass is 9.76. The van der Waals surface area contributed by atoms with E-state index in [9.17, 15) is 0 Å². The Bertz CT molecular complexity index is 191. The standard InChI is InChI=1S/C14H29NO/c1-6-15-13(12-7-8-16-10-12)9-11(2)14(3,4)5/h11-13,15H,6-10H2,1-5H3. The predicted molar refractivity (Wildman–Crippen MR) is 69.6 cm³/mol. The quantitative estimate of drug-likeness (QED) is 0.779. The molecule has 3 unspecified atom stereocenters. The van der Waals surface area contributed by atoms with Gasteiger partial charge in [-0.3, -0.25) is 0 Å². The van der Waals surface area contributed by atoms with Crippen molar-refractivity contribution >= 4 is 0 Å². The van der Waals surface area contributed by atoms with E-state index in [4.69, 9.17) is 4.74 Å². The zero-order valence-electron chi connectivity index (χ0n) is 11.7. The summed E-state index contributed by atoms with van der Waals surface area (Å²) in [5.41, 5.74) is 0.410. The number of nitrogens with one attached hydrogen (secondary N) is 1. The minimum absolute atomic E-state index is 0.410. The Kier molecular flexibility index (Phi) is 5.26. The van der Waals surface area contributed by atoms with Gasteiger partial charge >= 0.3 is 0 Å². The van der Waals surface area contributed by atoms with E-state index in [1.807, 2.05) is 0 Å². The van der Waals surface area contributed by atoms with E-state index in [0.717, 1.165) is 31.6 Å². The Hall–Kier alpha value is -0.0800. The first-order valence-corrected chi connectivity index (χ1v) is 6.76. The van der Waals surface area contributed by atoms with Crippen LogP contribution in [0.2, 0.25) is 0 Å². The molecule has 96 valence electrons. The average Bonchev–Trinajstić information content (AvgIpc) is 2.68. The van der Waals surface area contributed by atoms with Gasteiger partial charge in [-0.2, -0.15) is 0 Å². The summed E-state index contributed by atoms with van der Waals surface area (Å²) in [6.45, 7) is 14.6. The summed E-state index contributed by atoms with van der Waals surface area (Å²) in [5.74, 6) is 1.47. The van der Waals surface area contributed by atoms with Gasteiger partial charge in [-0.25, -0.2) is 0 Å². The van der Waals surface area contributed by atoms with Crippen molar-refractivity contribution in [3.05, 3.63) is 0 Å². The normalized spacial score (nSPS) is 25.7. The number of ether oxygens (including phenoxy) is 1. The van der Waals surface area contributed by atoms with Crippen molar-refractivity contribution in [3.63, 3.8) is 0 Å². The van der Waals surface area contributed by atoms with Gasteiger partial charge in [0, 0.05) is 12.6 Å². The van der Waals surface area contributed by atoms with Crippen molar-refractivity contribution in [2.24, 2.45) is 17.3 Å². The topological polar surface area (TPSA) is 21.3 Å². The third-order valence-electron chi connectivity index (χ3n) is 4.09. The Morgan fingerprint density at radius 3 is 2.50 bits per heavy atom. The van der Waals surface area contributed by atoms with Crippen LogP contribution in [0.25, 0.3) is 0 Å². The second kappa shape index (κ2) is 6.02. The van der Waals surface area contributed by atoms with E-state index in [1.165, 1.54) is 12.8 Å². The van der Waals surface area contributed by atoms with E-state index in [2.05, 4.69) is 39.9 Å². The molecule has 1 saturated heterocycles. The van der Waals surface area contributed by atoms with E-state index >= 15 is 0 Å². The van der Waals surface area contributed by atoms with E-state index < -0.39 is 0 Å². The summed E-state index contributed by atoms with van der Waals surface area (Å²) in [5, 5.41) is 3.65. The Morgan fingerprint density at radius 2 is 2.06 bits per heavy atom. The Morgan fingerprint density at radius 1 is 1.38 bits per heavy atom. The first-order chi connectivity index (χ1) is 7.45. The lowest BCUT2D eigenvalue weighted by molar-refractivity contribution is 0.159. The molecular formula is C14H29NO. The van der Waals surface area contributed by atoms with Crippen LogP contribution in [0.4, 0.5) is 0 Å². The molecule has 2 heteroatoms. The van der Waals surface area contributed by atoms with Crippen LogP contribution < -0.4 is 5.32 Å². The van der Waals surface area contributed by atoms with Crippen molar-refractivity contribution in [1.82, 2.24) is 5.32 Å². The molecule has 0 amide bonds. The fraction of sp³-hybridized carbons (Fsp3) is 1.00. The first kappa shape index (κ1) is 14.0. The van der Waals surface area contributed by atoms with Crippen molar-refractivity contribution in [3.8, 4) is 0 Å². The summed E-state index contributed by atoms with van der Waals surface area (Å²) in [7, 11) is 0. The predicted octanol–water partition coefficient (Wildman–Crippen LogP) is 3.07. The molecule has 0 aliphatic carbocycles. The van der Waals surface area contributed by atoms with Crippen LogP contribution in [0.1, 0.15) is 47.5 Å². The average molecular weight is 227 g/mol. The monoisotopic (exact) mass is 227 g/mol. The molecular weight excluding hydrogens is 198 g/mol. The molecule has 1 aliphatic rings. The highest BCUT2D eigenvalue weighted by Gasteiger charge is 2.29. The molecule has 1 heterocycles. The SMILES string of the molecule is CCNC(CC(C)C(C)(C)C)C1CCOC1. The molecule has 16 heavy (non-hydrogen) atoms. The van der Waals surface area contributed by atoms with Gasteiger partial charge in [-0.05, 0) is 36.6 Å². The van der Waals surface area contributed by atoms with Crippen LogP contribution in [0, 0.1) is 17.3 Å². The smallest absolute Gasteiger partial charge is 0.0510 e. The molecule has 0 spiro atoms. The van der Waals surface area contributed by atoms with Crippen LogP contribution in [0.5, 0.6) is 0 Å². The van der Waals surface area contributed by atoms with Crippen LogP contribution in [-0.4, -0.2) is 25.8 Å². The minimum atomic E-state index is 0.410. The third-order valence-corrected chi connectivity index (χ3v) is 4.09. The van der Waals surface area contributed by atoms with Gasteiger partial charge in [-0.15, -0.1) is 0 Å². The molecule has 0 saturated carbocycles. The summed E-state index contributed by atoms with van der Waals surface area (Å²) < 4.78 is 5.51. The fourth-order valence-corrected chi connectivity index (χ4v) is 2.31. The van der Waals surface area contributed by atoms with Crippen molar-refractivity contribution in [2.75, 3.05) is 19.8 Å². The molecule has 0 aromatic carbocycles. The fourth-order valence-electron chi connectivity index (χ4n) is 2.31. The number of hydrogen-bond donors (Lipinski definition) is 1. The van der Waals surface area contributed by atoms with Crippen LogP contribution >= 0.6 is 0 Å². The van der Waals surface area contributed by atoms with Crippen molar-refractivity contribution < 1.29 is 4.74 Å². The molecule has 1 aliphatic heterocycles. The Balaban J connectivity index is 2.50. The second-order valence-electron chi connectivity index (χ2n) is 6.29. The number of rotatable bonds is 5. The molecule has 1 fully saturated rings. The lowest BCUT2D eigenvalue weighted by Crippen LogP contribution is -2.39. The lowest BCUT2D eigenvalue weighted by Gasteiger charge is -2.33. The van der Waals surface area contributed by atoms with Crippen molar-refractivity contribution in [2.45, 2.75) is 53.5 Å². The number of hydrogen-bond acceptors (Lipinski definition) is 2. The van der Waals surface area contributed by atoms with Gasteiger partial charge in [0.15, 0.2) is 0 Å². The van der Waals surface area contributed by atoms with Crippen LogP contribution in [-0.2, 0) is 4.74 Å². The second-order valence-corrected chi connectivity index (χ2v) is 6.29. The highest BCUT2D eigenvalue weighted by Crippen LogP contribution is 2.32. The maximum Gasteiger partial charge on any atom is 0.0510 e.